The molecule has 0 radical (unpaired) electrons. The Morgan fingerprint density at radius 3 is 2.47 bits per heavy atom. The fourth-order valence-corrected chi connectivity index (χ4v) is 6.36. The minimum absolute atomic E-state index is 0.0355. The molecule has 0 atom stereocenters. The molecule has 1 aromatic heterocycles. The van der Waals surface area contributed by atoms with E-state index in [1.165, 1.54) is 5.56 Å². The van der Waals surface area contributed by atoms with Gasteiger partial charge in [0, 0.05) is 49.8 Å². The number of ether oxygens (including phenoxy) is 1. The highest BCUT2D eigenvalue weighted by molar-refractivity contribution is 7.90. The van der Waals surface area contributed by atoms with Gasteiger partial charge < -0.3 is 14.7 Å². The zero-order valence-corrected chi connectivity index (χ0v) is 21.4. The highest BCUT2D eigenvalue weighted by atomic mass is 32.2. The van der Waals surface area contributed by atoms with Gasteiger partial charge in [-0.15, -0.1) is 0 Å². The minimum Gasteiger partial charge on any atom is -0.487 e. The zero-order valence-electron chi connectivity index (χ0n) is 20.6. The first kappa shape index (κ1) is 25.1. The largest absolute Gasteiger partial charge is 0.487 e. The maximum Gasteiger partial charge on any atom is 0.159 e. The normalized spacial score (nSPS) is 18.5. The van der Waals surface area contributed by atoms with Crippen LogP contribution in [0.25, 0.3) is 11.4 Å². The number of aryl methyl sites for hydroxylation is 1. The number of hydrogen-bond acceptors (Lipinski definition) is 7. The fourth-order valence-electron chi connectivity index (χ4n) is 4.99. The number of fused-ring (bicyclic) bond motifs is 1. The van der Waals surface area contributed by atoms with Gasteiger partial charge in [-0.05, 0) is 61.3 Å². The zero-order chi connectivity index (χ0) is 24.4. The van der Waals surface area contributed by atoms with Crippen LogP contribution in [0.2, 0.25) is 0 Å². The number of hydrogen-bond donors (Lipinski definition) is 1. The Labute approximate surface area is 203 Å². The SMILES string of the molecule is CC(C)(C)CN1CCC2(CCc3cc(-c4ncc(CS(=O)(=O)CCCO)cn4)ccc3O2)CC1. The van der Waals surface area contributed by atoms with Crippen LogP contribution in [0.1, 0.15) is 57.6 Å². The molecule has 1 N–H and O–H groups in total. The van der Waals surface area contributed by atoms with Crippen LogP contribution in [-0.2, 0) is 22.0 Å². The quantitative estimate of drug-likeness (QED) is 0.637. The van der Waals surface area contributed by atoms with Gasteiger partial charge >= 0.3 is 0 Å². The minimum atomic E-state index is -3.27. The van der Waals surface area contributed by atoms with Gasteiger partial charge in [-0.2, -0.15) is 0 Å². The van der Waals surface area contributed by atoms with E-state index in [0.717, 1.165) is 56.6 Å². The molecule has 2 aromatic rings. The topological polar surface area (TPSA) is 92.6 Å². The predicted octanol–water partition coefficient (Wildman–Crippen LogP) is 3.65. The Morgan fingerprint density at radius 2 is 1.82 bits per heavy atom. The monoisotopic (exact) mass is 487 g/mol. The number of benzene rings is 1. The molecule has 7 nitrogen and oxygen atoms in total. The molecular formula is C26H37N3O4S. The van der Waals surface area contributed by atoms with Crippen molar-refractivity contribution < 1.29 is 18.3 Å². The summed E-state index contributed by atoms with van der Waals surface area (Å²) < 4.78 is 30.8. The molecule has 2 aliphatic rings. The smallest absolute Gasteiger partial charge is 0.159 e. The molecule has 0 amide bonds. The first-order chi connectivity index (χ1) is 16.1. The molecule has 2 aliphatic heterocycles. The van der Waals surface area contributed by atoms with Crippen LogP contribution in [0.4, 0.5) is 0 Å². The van der Waals surface area contributed by atoms with Crippen molar-refractivity contribution in [2.45, 2.75) is 64.2 Å². The van der Waals surface area contributed by atoms with E-state index in [4.69, 9.17) is 9.84 Å². The second-order valence-electron chi connectivity index (χ2n) is 11.0. The van der Waals surface area contributed by atoms with Crippen molar-refractivity contribution in [2.24, 2.45) is 5.41 Å². The number of aliphatic hydroxyl groups is 1. The van der Waals surface area contributed by atoms with E-state index >= 15 is 0 Å². The lowest BCUT2D eigenvalue weighted by atomic mass is 9.82. The Hall–Kier alpha value is -2.03. The van der Waals surface area contributed by atoms with Gasteiger partial charge in [0.1, 0.15) is 11.4 Å². The Kier molecular flexibility index (Phi) is 7.31. The number of sulfone groups is 1. The maximum absolute atomic E-state index is 12.1. The molecule has 3 heterocycles. The number of nitrogens with zero attached hydrogens (tertiary/aromatic N) is 3. The third kappa shape index (κ3) is 6.34. The van der Waals surface area contributed by atoms with E-state index < -0.39 is 9.84 Å². The average molecular weight is 488 g/mol. The van der Waals surface area contributed by atoms with Crippen molar-refractivity contribution in [3.05, 3.63) is 41.7 Å². The summed E-state index contributed by atoms with van der Waals surface area (Å²) in [5.74, 6) is 1.40. The third-order valence-electron chi connectivity index (χ3n) is 6.67. The Balaban J connectivity index is 1.40. The number of piperidine rings is 1. The summed E-state index contributed by atoms with van der Waals surface area (Å²) in [6.45, 7) is 10.0. The molecule has 4 rings (SSSR count). The van der Waals surface area contributed by atoms with Crippen LogP contribution in [0, 0.1) is 5.41 Å². The van der Waals surface area contributed by atoms with E-state index in [-0.39, 0.29) is 30.1 Å². The molecule has 0 saturated carbocycles. The van der Waals surface area contributed by atoms with Crippen molar-refractivity contribution in [1.29, 1.82) is 0 Å². The van der Waals surface area contributed by atoms with Gasteiger partial charge in [-0.3, -0.25) is 0 Å². The van der Waals surface area contributed by atoms with Gasteiger partial charge in [0.05, 0.1) is 11.5 Å². The van der Waals surface area contributed by atoms with Gasteiger partial charge in [0.2, 0.25) is 0 Å². The number of aromatic nitrogens is 2. The van der Waals surface area contributed by atoms with Crippen LogP contribution in [0.3, 0.4) is 0 Å². The Morgan fingerprint density at radius 1 is 1.12 bits per heavy atom. The summed E-state index contributed by atoms with van der Waals surface area (Å²) in [6.07, 6.45) is 7.53. The molecule has 34 heavy (non-hydrogen) atoms. The summed E-state index contributed by atoms with van der Waals surface area (Å²) in [5.41, 5.74) is 2.91. The average Bonchev–Trinajstić information content (AvgIpc) is 2.79. The second-order valence-corrected chi connectivity index (χ2v) is 13.2. The van der Waals surface area contributed by atoms with Crippen LogP contribution < -0.4 is 4.74 Å². The molecule has 186 valence electrons. The van der Waals surface area contributed by atoms with Crippen LogP contribution in [0.15, 0.2) is 30.6 Å². The first-order valence-electron chi connectivity index (χ1n) is 12.2. The highest BCUT2D eigenvalue weighted by Crippen LogP contribution is 2.40. The molecule has 1 spiro atoms. The van der Waals surface area contributed by atoms with Crippen LogP contribution in [0.5, 0.6) is 5.75 Å². The predicted molar refractivity (Wildman–Crippen MR) is 133 cm³/mol. The third-order valence-corrected chi connectivity index (χ3v) is 8.35. The van der Waals surface area contributed by atoms with Crippen molar-refractivity contribution >= 4 is 9.84 Å². The Bertz CT molecular complexity index is 1090. The van der Waals surface area contributed by atoms with Crippen molar-refractivity contribution in [1.82, 2.24) is 14.9 Å². The number of aliphatic hydroxyl groups excluding tert-OH is 1. The van der Waals surface area contributed by atoms with Crippen molar-refractivity contribution in [3.8, 4) is 17.1 Å². The summed E-state index contributed by atoms with van der Waals surface area (Å²) in [7, 11) is -3.27. The molecule has 1 saturated heterocycles. The lowest BCUT2D eigenvalue weighted by Gasteiger charge is -2.45. The van der Waals surface area contributed by atoms with Crippen LogP contribution >= 0.6 is 0 Å². The first-order valence-corrected chi connectivity index (χ1v) is 14.1. The van der Waals surface area contributed by atoms with Gasteiger partial charge in [-0.25, -0.2) is 18.4 Å². The van der Waals surface area contributed by atoms with Gasteiger partial charge in [0.25, 0.3) is 0 Å². The summed E-state index contributed by atoms with van der Waals surface area (Å²) in [6, 6.07) is 6.12. The molecule has 0 bridgehead atoms. The van der Waals surface area contributed by atoms with E-state index in [2.05, 4.69) is 41.7 Å². The van der Waals surface area contributed by atoms with E-state index in [0.29, 0.717) is 16.8 Å². The fraction of sp³-hybridized carbons (Fsp3) is 0.615. The van der Waals surface area contributed by atoms with E-state index in [1.54, 1.807) is 12.4 Å². The van der Waals surface area contributed by atoms with E-state index in [9.17, 15) is 8.42 Å². The lowest BCUT2D eigenvalue weighted by molar-refractivity contribution is -0.0206. The van der Waals surface area contributed by atoms with Crippen LogP contribution in [-0.4, -0.2) is 66.0 Å². The molecule has 8 heteroatoms. The molecule has 0 unspecified atom stereocenters. The van der Waals surface area contributed by atoms with E-state index in [1.807, 2.05) is 12.1 Å². The number of likely N-dealkylation sites (tertiary alicyclic amines) is 1. The highest BCUT2D eigenvalue weighted by Gasteiger charge is 2.40. The standard InChI is InChI=1S/C26H37N3O4S/c1-25(2,3)19-29-11-9-26(10-12-29)8-7-21-15-22(5-6-23(21)33-26)24-27-16-20(17-28-24)18-34(31,32)14-4-13-30/h5-6,15-17,30H,4,7-14,18-19H2,1-3H3. The maximum atomic E-state index is 12.1. The van der Waals surface area contributed by atoms with Crippen molar-refractivity contribution in [3.63, 3.8) is 0 Å². The summed E-state index contributed by atoms with van der Waals surface area (Å²) >= 11 is 0. The van der Waals surface area contributed by atoms with Gasteiger partial charge in [0.15, 0.2) is 15.7 Å². The van der Waals surface area contributed by atoms with Crippen molar-refractivity contribution in [2.75, 3.05) is 32.0 Å². The van der Waals surface area contributed by atoms with Gasteiger partial charge in [-0.1, -0.05) is 20.8 Å². The molecule has 1 fully saturated rings. The molecular weight excluding hydrogens is 450 g/mol. The number of rotatable bonds is 7. The summed E-state index contributed by atoms with van der Waals surface area (Å²) in [5, 5.41) is 8.86. The molecule has 1 aromatic carbocycles. The molecule has 0 aliphatic carbocycles. The second kappa shape index (κ2) is 9.91. The lowest BCUT2D eigenvalue weighted by Crippen LogP contribution is -2.51. The summed E-state index contributed by atoms with van der Waals surface area (Å²) in [4.78, 5) is 11.4.